The van der Waals surface area contributed by atoms with Gasteiger partial charge in [-0.25, -0.2) is 4.98 Å². The van der Waals surface area contributed by atoms with Gasteiger partial charge in [0.1, 0.15) is 11.6 Å². The third kappa shape index (κ3) is 5.80. The molecule has 5 heteroatoms. The lowest BCUT2D eigenvalue weighted by molar-refractivity contribution is 0.0949. The lowest BCUT2D eigenvalue weighted by Gasteiger charge is -2.11. The number of imidazole rings is 1. The SMILES string of the molecule is CCc1ccc(OCCCCn2c(CNC(=O)c3ccc(C)cc3)nc3ccccc32)cc1. The van der Waals surface area contributed by atoms with Crippen molar-refractivity contribution in [1.82, 2.24) is 14.9 Å². The van der Waals surface area contributed by atoms with E-state index in [1.807, 2.05) is 61.5 Å². The van der Waals surface area contributed by atoms with Crippen LogP contribution in [0.1, 0.15) is 47.1 Å². The van der Waals surface area contributed by atoms with Crippen LogP contribution >= 0.6 is 0 Å². The topological polar surface area (TPSA) is 56.1 Å². The molecule has 1 amide bonds. The van der Waals surface area contributed by atoms with Gasteiger partial charge in [0.25, 0.3) is 5.91 Å². The van der Waals surface area contributed by atoms with Gasteiger partial charge in [-0.05, 0) is 68.1 Å². The zero-order valence-corrected chi connectivity index (χ0v) is 19.4. The number of carbonyl (C=O) groups excluding carboxylic acids is 1. The van der Waals surface area contributed by atoms with E-state index in [0.717, 1.165) is 54.0 Å². The van der Waals surface area contributed by atoms with Crippen LogP contribution in [0.3, 0.4) is 0 Å². The van der Waals surface area contributed by atoms with Crippen LogP contribution in [0, 0.1) is 6.92 Å². The van der Waals surface area contributed by atoms with Crippen molar-refractivity contribution >= 4 is 16.9 Å². The summed E-state index contributed by atoms with van der Waals surface area (Å²) >= 11 is 0. The second kappa shape index (κ2) is 10.8. The minimum Gasteiger partial charge on any atom is -0.494 e. The number of fused-ring (bicyclic) bond motifs is 1. The Morgan fingerprint density at radius 1 is 0.970 bits per heavy atom. The number of benzene rings is 3. The van der Waals surface area contributed by atoms with E-state index in [4.69, 9.17) is 9.72 Å². The van der Waals surface area contributed by atoms with Crippen LogP contribution in [0.5, 0.6) is 5.75 Å². The Balaban J connectivity index is 1.35. The van der Waals surface area contributed by atoms with Gasteiger partial charge in [0.15, 0.2) is 0 Å². The maximum atomic E-state index is 12.6. The molecule has 0 saturated carbocycles. The lowest BCUT2D eigenvalue weighted by atomic mass is 10.1. The van der Waals surface area contributed by atoms with Gasteiger partial charge in [0.2, 0.25) is 0 Å². The molecule has 4 rings (SSSR count). The second-order valence-corrected chi connectivity index (χ2v) is 8.27. The molecule has 3 aromatic carbocycles. The summed E-state index contributed by atoms with van der Waals surface area (Å²) in [5.41, 5.74) is 5.15. The maximum Gasteiger partial charge on any atom is 0.251 e. The van der Waals surface area contributed by atoms with Crippen LogP contribution in [0.2, 0.25) is 0 Å². The fourth-order valence-corrected chi connectivity index (χ4v) is 3.86. The van der Waals surface area contributed by atoms with E-state index in [-0.39, 0.29) is 5.91 Å². The molecule has 0 aliphatic carbocycles. The first-order valence-electron chi connectivity index (χ1n) is 11.6. The van der Waals surface area contributed by atoms with Crippen molar-refractivity contribution in [1.29, 1.82) is 0 Å². The largest absolute Gasteiger partial charge is 0.494 e. The van der Waals surface area contributed by atoms with Gasteiger partial charge in [-0.2, -0.15) is 0 Å². The molecule has 0 atom stereocenters. The first kappa shape index (κ1) is 22.6. The molecule has 0 unspecified atom stereocenters. The van der Waals surface area contributed by atoms with Gasteiger partial charge < -0.3 is 14.6 Å². The molecule has 0 aliphatic heterocycles. The highest BCUT2D eigenvalue weighted by molar-refractivity contribution is 5.94. The van der Waals surface area contributed by atoms with E-state index < -0.39 is 0 Å². The molecule has 4 aromatic rings. The molecule has 1 N–H and O–H groups in total. The number of ether oxygens (including phenoxy) is 1. The number of hydrogen-bond donors (Lipinski definition) is 1. The average Bonchev–Trinajstić information content (AvgIpc) is 3.20. The van der Waals surface area contributed by atoms with Crippen molar-refractivity contribution in [3.05, 3.63) is 95.3 Å². The van der Waals surface area contributed by atoms with Crippen LogP contribution in [0.25, 0.3) is 11.0 Å². The van der Waals surface area contributed by atoms with Gasteiger partial charge in [-0.3, -0.25) is 4.79 Å². The molecule has 1 heterocycles. The summed E-state index contributed by atoms with van der Waals surface area (Å²) in [6.45, 7) is 6.06. The summed E-state index contributed by atoms with van der Waals surface area (Å²) < 4.78 is 8.11. The number of nitrogens with one attached hydrogen (secondary N) is 1. The number of unbranched alkanes of at least 4 members (excludes halogenated alkanes) is 1. The molecule has 0 spiro atoms. The van der Waals surface area contributed by atoms with Crippen molar-refractivity contribution in [2.24, 2.45) is 0 Å². The summed E-state index contributed by atoms with van der Waals surface area (Å²) in [6, 6.07) is 24.0. The number of para-hydroxylation sites is 2. The second-order valence-electron chi connectivity index (χ2n) is 8.27. The predicted octanol–water partition coefficient (Wildman–Crippen LogP) is 5.70. The normalized spacial score (nSPS) is 11.0. The standard InChI is InChI=1S/C28H31N3O2/c1-3-22-12-16-24(17-13-22)33-19-7-6-18-31-26-9-5-4-8-25(26)30-27(31)20-29-28(32)23-14-10-21(2)11-15-23/h4-5,8-17H,3,6-7,18-20H2,1-2H3,(H,29,32). The molecule has 5 nitrogen and oxygen atoms in total. The fraction of sp³-hybridized carbons (Fsp3) is 0.286. The first-order valence-corrected chi connectivity index (χ1v) is 11.6. The zero-order chi connectivity index (χ0) is 23.0. The summed E-state index contributed by atoms with van der Waals surface area (Å²) in [6.07, 6.45) is 2.94. The molecular formula is C28H31N3O2. The van der Waals surface area contributed by atoms with E-state index in [2.05, 4.69) is 35.0 Å². The number of carbonyl (C=O) groups is 1. The first-order chi connectivity index (χ1) is 16.1. The van der Waals surface area contributed by atoms with Gasteiger partial charge in [0.05, 0.1) is 24.2 Å². The Labute approximate surface area is 195 Å². The molecule has 0 saturated heterocycles. The van der Waals surface area contributed by atoms with E-state index in [9.17, 15) is 4.79 Å². The van der Waals surface area contributed by atoms with Crippen molar-refractivity contribution in [2.45, 2.75) is 46.2 Å². The van der Waals surface area contributed by atoms with E-state index in [1.165, 1.54) is 5.56 Å². The Kier molecular flexibility index (Phi) is 7.40. The Hall–Kier alpha value is -3.60. The van der Waals surface area contributed by atoms with E-state index >= 15 is 0 Å². The van der Waals surface area contributed by atoms with Crippen molar-refractivity contribution in [3.63, 3.8) is 0 Å². The average molecular weight is 442 g/mol. The fourth-order valence-electron chi connectivity index (χ4n) is 3.86. The van der Waals surface area contributed by atoms with Crippen LogP contribution in [0.15, 0.2) is 72.8 Å². The lowest BCUT2D eigenvalue weighted by Crippen LogP contribution is -2.24. The summed E-state index contributed by atoms with van der Waals surface area (Å²) in [5.74, 6) is 1.70. The highest BCUT2D eigenvalue weighted by Gasteiger charge is 2.12. The molecule has 0 radical (unpaired) electrons. The van der Waals surface area contributed by atoms with Crippen molar-refractivity contribution < 1.29 is 9.53 Å². The van der Waals surface area contributed by atoms with Crippen molar-refractivity contribution in [2.75, 3.05) is 6.61 Å². The highest BCUT2D eigenvalue weighted by Crippen LogP contribution is 2.18. The third-order valence-corrected chi connectivity index (χ3v) is 5.83. The Morgan fingerprint density at radius 3 is 2.48 bits per heavy atom. The van der Waals surface area contributed by atoms with Crippen LogP contribution < -0.4 is 10.1 Å². The van der Waals surface area contributed by atoms with Crippen LogP contribution in [0.4, 0.5) is 0 Å². The smallest absolute Gasteiger partial charge is 0.251 e. The number of hydrogen-bond acceptors (Lipinski definition) is 3. The third-order valence-electron chi connectivity index (χ3n) is 5.83. The van der Waals surface area contributed by atoms with E-state index in [0.29, 0.717) is 18.7 Å². The Morgan fingerprint density at radius 2 is 1.73 bits per heavy atom. The van der Waals surface area contributed by atoms with Crippen LogP contribution in [-0.2, 0) is 19.5 Å². The minimum atomic E-state index is -0.0869. The minimum absolute atomic E-state index is 0.0869. The van der Waals surface area contributed by atoms with Crippen molar-refractivity contribution in [3.8, 4) is 5.75 Å². The molecular weight excluding hydrogens is 410 g/mol. The van der Waals surface area contributed by atoms with Gasteiger partial charge >= 0.3 is 0 Å². The maximum absolute atomic E-state index is 12.6. The molecule has 33 heavy (non-hydrogen) atoms. The van der Waals surface area contributed by atoms with Gasteiger partial charge in [-0.1, -0.05) is 48.9 Å². The Bertz CT molecular complexity index is 1190. The summed E-state index contributed by atoms with van der Waals surface area (Å²) in [4.78, 5) is 17.3. The van der Waals surface area contributed by atoms with Crippen LogP contribution in [-0.4, -0.2) is 22.1 Å². The van der Waals surface area contributed by atoms with Gasteiger partial charge in [0, 0.05) is 12.1 Å². The number of nitrogens with zero attached hydrogens (tertiary/aromatic N) is 2. The summed E-state index contributed by atoms with van der Waals surface area (Å²) in [5, 5.41) is 3.02. The number of amides is 1. The molecule has 0 aliphatic rings. The van der Waals surface area contributed by atoms with Gasteiger partial charge in [-0.15, -0.1) is 0 Å². The summed E-state index contributed by atoms with van der Waals surface area (Å²) in [7, 11) is 0. The molecule has 0 fully saturated rings. The predicted molar refractivity (Wildman–Crippen MR) is 133 cm³/mol. The monoisotopic (exact) mass is 441 g/mol. The molecule has 0 bridgehead atoms. The van der Waals surface area contributed by atoms with E-state index in [1.54, 1.807) is 0 Å². The number of rotatable bonds is 10. The highest BCUT2D eigenvalue weighted by atomic mass is 16.5. The zero-order valence-electron chi connectivity index (χ0n) is 19.4. The molecule has 1 aromatic heterocycles. The number of aromatic nitrogens is 2. The quantitative estimate of drug-likeness (QED) is 0.321. The number of aryl methyl sites for hydroxylation is 3. The molecule has 170 valence electrons.